The van der Waals surface area contributed by atoms with Crippen molar-refractivity contribution in [1.29, 1.82) is 5.26 Å². The summed E-state index contributed by atoms with van der Waals surface area (Å²) in [4.78, 5) is 13.5. The molecule has 6 heteroatoms. The fraction of sp³-hybridized carbons (Fsp3) is 0.417. The fourth-order valence-corrected chi connectivity index (χ4v) is 3.63. The molecule has 0 saturated carbocycles. The first-order chi connectivity index (χ1) is 14.5. The van der Waals surface area contributed by atoms with Gasteiger partial charge in [0.2, 0.25) is 5.91 Å². The van der Waals surface area contributed by atoms with E-state index in [9.17, 15) is 10.1 Å². The molecule has 1 amide bonds. The van der Waals surface area contributed by atoms with E-state index in [0.717, 1.165) is 17.7 Å². The molecule has 1 atom stereocenters. The molecule has 1 N–H and O–H groups in total. The highest BCUT2D eigenvalue weighted by atomic mass is 16.5. The van der Waals surface area contributed by atoms with Crippen LogP contribution in [0.4, 0.5) is 5.69 Å². The average Bonchev–Trinajstić information content (AvgIpc) is 2.80. The van der Waals surface area contributed by atoms with Crippen molar-refractivity contribution in [2.45, 2.75) is 44.6 Å². The average molecular weight is 408 g/mol. The molecule has 6 nitrogen and oxygen atoms in total. The number of rotatable bonds is 7. The number of hydrogen-bond acceptors (Lipinski definition) is 5. The number of carbonyl (C=O) groups excluding carboxylic acids is 1. The highest BCUT2D eigenvalue weighted by Gasteiger charge is 2.42. The number of nitriles is 1. The molecule has 1 saturated heterocycles. The van der Waals surface area contributed by atoms with E-state index in [-0.39, 0.29) is 12.0 Å². The third kappa shape index (κ3) is 4.58. The van der Waals surface area contributed by atoms with Crippen LogP contribution in [0.1, 0.15) is 44.2 Å². The Morgan fingerprint density at radius 3 is 2.47 bits per heavy atom. The number of anilines is 1. The van der Waals surface area contributed by atoms with Gasteiger partial charge in [0.25, 0.3) is 0 Å². The quantitative estimate of drug-likeness (QED) is 0.733. The number of methoxy groups -OCH3 is 1. The maximum atomic E-state index is 13.5. The summed E-state index contributed by atoms with van der Waals surface area (Å²) in [5.41, 5.74) is 1.06. The first-order valence-electron chi connectivity index (χ1n) is 10.3. The minimum atomic E-state index is -0.719. The second kappa shape index (κ2) is 9.64. The molecule has 2 aromatic carbocycles. The van der Waals surface area contributed by atoms with Crippen LogP contribution in [0.5, 0.6) is 11.5 Å². The van der Waals surface area contributed by atoms with Gasteiger partial charge in [-0.15, -0.1) is 0 Å². The molecule has 0 aromatic heterocycles. The summed E-state index contributed by atoms with van der Waals surface area (Å²) in [6.45, 7) is 5.03. The lowest BCUT2D eigenvalue weighted by Gasteiger charge is -2.36. The van der Waals surface area contributed by atoms with Gasteiger partial charge < -0.3 is 19.5 Å². The molecule has 1 fully saturated rings. The highest BCUT2D eigenvalue weighted by Crippen LogP contribution is 2.37. The van der Waals surface area contributed by atoms with E-state index in [2.05, 4.69) is 11.4 Å². The van der Waals surface area contributed by atoms with Crippen LogP contribution in [0.3, 0.4) is 0 Å². The summed E-state index contributed by atoms with van der Waals surface area (Å²) in [5.74, 6) is 1.22. The molecule has 0 aliphatic carbocycles. The molecule has 0 unspecified atom stereocenters. The number of carbonyl (C=O) groups is 1. The topological polar surface area (TPSA) is 80.6 Å². The molecule has 158 valence electrons. The molecule has 2 aromatic rings. The van der Waals surface area contributed by atoms with Crippen LogP contribution in [0.2, 0.25) is 0 Å². The second-order valence-electron chi connectivity index (χ2n) is 7.53. The van der Waals surface area contributed by atoms with E-state index in [1.807, 2.05) is 38.1 Å². The lowest BCUT2D eigenvalue weighted by molar-refractivity contribution is -0.125. The van der Waals surface area contributed by atoms with Gasteiger partial charge in [-0.1, -0.05) is 19.1 Å². The number of nitrogens with one attached hydrogen (secondary N) is 1. The van der Waals surface area contributed by atoms with Crippen LogP contribution >= 0.6 is 0 Å². The fourth-order valence-electron chi connectivity index (χ4n) is 3.63. The third-order valence-electron chi connectivity index (χ3n) is 5.70. The van der Waals surface area contributed by atoms with E-state index >= 15 is 0 Å². The Labute approximate surface area is 177 Å². The maximum absolute atomic E-state index is 13.5. The summed E-state index contributed by atoms with van der Waals surface area (Å²) in [6, 6.07) is 14.9. The normalized spacial score (nSPS) is 16.2. The van der Waals surface area contributed by atoms with Crippen molar-refractivity contribution in [2.75, 3.05) is 25.6 Å². The van der Waals surface area contributed by atoms with Crippen LogP contribution in [-0.4, -0.2) is 32.3 Å². The van der Waals surface area contributed by atoms with Gasteiger partial charge in [0.15, 0.2) is 0 Å². The zero-order valence-corrected chi connectivity index (χ0v) is 17.7. The van der Waals surface area contributed by atoms with Gasteiger partial charge in [-0.05, 0) is 56.0 Å². The van der Waals surface area contributed by atoms with Gasteiger partial charge in [0.05, 0.1) is 29.9 Å². The maximum Gasteiger partial charge on any atom is 0.235 e. The summed E-state index contributed by atoms with van der Waals surface area (Å²) < 4.78 is 16.6. The van der Waals surface area contributed by atoms with Crippen LogP contribution in [0, 0.1) is 11.3 Å². The molecule has 0 spiro atoms. The number of hydrogen-bond donors (Lipinski definition) is 1. The minimum Gasteiger partial charge on any atom is -0.497 e. The van der Waals surface area contributed by atoms with Crippen molar-refractivity contribution >= 4 is 11.6 Å². The standard InChI is InChI=1S/C24H28N2O4/c1-4-17(2)30-21-9-10-22(18(15-21)16-25)26-23(27)24(11-13-29-14-12-24)19-5-7-20(28-3)8-6-19/h5-10,15,17H,4,11-14H2,1-3H3,(H,26,27)/t17-/m1/s1. The van der Waals surface area contributed by atoms with Crippen LogP contribution in [0.15, 0.2) is 42.5 Å². The lowest BCUT2D eigenvalue weighted by atomic mass is 9.73. The van der Waals surface area contributed by atoms with E-state index in [1.165, 1.54) is 0 Å². The Hall–Kier alpha value is -3.04. The zero-order chi connectivity index (χ0) is 21.6. The van der Waals surface area contributed by atoms with E-state index in [4.69, 9.17) is 14.2 Å². The Kier molecular flexibility index (Phi) is 6.96. The third-order valence-corrected chi connectivity index (χ3v) is 5.70. The smallest absolute Gasteiger partial charge is 0.235 e. The monoisotopic (exact) mass is 408 g/mol. The molecule has 0 radical (unpaired) electrons. The second-order valence-corrected chi connectivity index (χ2v) is 7.53. The summed E-state index contributed by atoms with van der Waals surface area (Å²) in [6.07, 6.45) is 2.06. The van der Waals surface area contributed by atoms with Crippen molar-refractivity contribution in [2.24, 2.45) is 0 Å². The lowest BCUT2D eigenvalue weighted by Crippen LogP contribution is -2.45. The Bertz CT molecular complexity index is 912. The molecular formula is C24H28N2O4. The van der Waals surface area contributed by atoms with Crippen molar-refractivity contribution in [1.82, 2.24) is 0 Å². The number of nitrogens with zero attached hydrogens (tertiary/aromatic N) is 1. The zero-order valence-electron chi connectivity index (χ0n) is 17.7. The van der Waals surface area contributed by atoms with Gasteiger partial charge in [-0.3, -0.25) is 4.79 Å². The molecule has 1 aliphatic heterocycles. The summed E-state index contributed by atoms with van der Waals surface area (Å²) in [7, 11) is 1.62. The van der Waals surface area contributed by atoms with Crippen molar-refractivity contribution in [3.63, 3.8) is 0 Å². The Morgan fingerprint density at radius 1 is 1.20 bits per heavy atom. The highest BCUT2D eigenvalue weighted by molar-refractivity contribution is 6.00. The first kappa shape index (κ1) is 21.7. The number of ether oxygens (including phenoxy) is 3. The molecule has 1 aliphatic rings. The largest absolute Gasteiger partial charge is 0.497 e. The summed E-state index contributed by atoms with van der Waals surface area (Å²) in [5, 5.41) is 12.6. The Balaban J connectivity index is 1.88. The minimum absolute atomic E-state index is 0.0533. The van der Waals surface area contributed by atoms with Crippen molar-refractivity contribution < 1.29 is 19.0 Å². The van der Waals surface area contributed by atoms with E-state index in [0.29, 0.717) is 43.1 Å². The van der Waals surface area contributed by atoms with Crippen molar-refractivity contribution in [3.05, 3.63) is 53.6 Å². The molecular weight excluding hydrogens is 380 g/mol. The van der Waals surface area contributed by atoms with E-state index < -0.39 is 5.41 Å². The van der Waals surface area contributed by atoms with Crippen LogP contribution in [-0.2, 0) is 14.9 Å². The molecule has 1 heterocycles. The van der Waals surface area contributed by atoms with Gasteiger partial charge in [0, 0.05) is 19.3 Å². The van der Waals surface area contributed by atoms with E-state index in [1.54, 1.807) is 25.3 Å². The predicted octanol–water partition coefficient (Wildman–Crippen LogP) is 4.43. The SMILES string of the molecule is CC[C@@H](C)Oc1ccc(NC(=O)C2(c3ccc(OC)cc3)CCOCC2)c(C#N)c1. The Morgan fingerprint density at radius 2 is 1.87 bits per heavy atom. The van der Waals surface area contributed by atoms with Crippen LogP contribution < -0.4 is 14.8 Å². The predicted molar refractivity (Wildman–Crippen MR) is 115 cm³/mol. The van der Waals surface area contributed by atoms with Crippen LogP contribution in [0.25, 0.3) is 0 Å². The van der Waals surface area contributed by atoms with Gasteiger partial charge in [0.1, 0.15) is 17.6 Å². The van der Waals surface area contributed by atoms with Gasteiger partial charge in [-0.2, -0.15) is 5.26 Å². The van der Waals surface area contributed by atoms with Gasteiger partial charge >= 0.3 is 0 Å². The summed E-state index contributed by atoms with van der Waals surface area (Å²) >= 11 is 0. The van der Waals surface area contributed by atoms with Gasteiger partial charge in [-0.25, -0.2) is 0 Å². The molecule has 30 heavy (non-hydrogen) atoms. The number of benzene rings is 2. The number of amides is 1. The van der Waals surface area contributed by atoms with Crippen molar-refractivity contribution in [3.8, 4) is 17.6 Å². The first-order valence-corrected chi connectivity index (χ1v) is 10.3. The molecule has 3 rings (SSSR count). The molecule has 0 bridgehead atoms.